The Kier molecular flexibility index (Phi) is 12.3. The Morgan fingerprint density at radius 3 is 2.28 bits per heavy atom. The fourth-order valence-corrected chi connectivity index (χ4v) is 6.30. The molecule has 0 saturated heterocycles. The Labute approximate surface area is 232 Å². The third kappa shape index (κ3) is 8.07. The molecule has 10 heteroatoms. The number of amides is 1. The van der Waals surface area contributed by atoms with Gasteiger partial charge in [-0.05, 0) is 86.3 Å². The van der Waals surface area contributed by atoms with Crippen molar-refractivity contribution < 1.29 is 53.7 Å². The summed E-state index contributed by atoms with van der Waals surface area (Å²) in [6.45, 7) is 3.59. The molecule has 1 atom stereocenters. The van der Waals surface area contributed by atoms with Crippen LogP contribution in [0.15, 0.2) is 30.3 Å². The first kappa shape index (κ1) is 27.4. The zero-order chi connectivity index (χ0) is 20.8. The van der Waals surface area contributed by atoms with Gasteiger partial charge in [0, 0.05) is 10.5 Å². The number of rotatable bonds is 8. The summed E-state index contributed by atoms with van der Waals surface area (Å²) in [6, 6.07) is 8.97. The SMILES string of the molecule is CC(=O)Nc1c(I)cc(I)c(OCCOC(C(=O)[O-])c2ccc(C)cc2)c1I.[Na+]. The molecule has 6 nitrogen and oxygen atoms in total. The van der Waals surface area contributed by atoms with E-state index >= 15 is 0 Å². The Morgan fingerprint density at radius 1 is 1.10 bits per heavy atom. The number of hydrogen-bond donors (Lipinski definition) is 1. The monoisotopic (exact) mass is 743 g/mol. The van der Waals surface area contributed by atoms with Crippen LogP contribution in [-0.2, 0) is 14.3 Å². The minimum atomic E-state index is -1.30. The van der Waals surface area contributed by atoms with Gasteiger partial charge in [-0.2, -0.15) is 0 Å². The zero-order valence-electron chi connectivity index (χ0n) is 16.1. The fraction of sp³-hybridized carbons (Fsp3) is 0.263. The molecule has 0 aliphatic carbocycles. The van der Waals surface area contributed by atoms with Crippen LogP contribution < -0.4 is 44.7 Å². The molecule has 0 saturated carbocycles. The van der Waals surface area contributed by atoms with Crippen LogP contribution in [0.1, 0.15) is 24.2 Å². The Balaban J connectivity index is 0.00000420. The predicted molar refractivity (Wildman–Crippen MR) is 129 cm³/mol. The number of halogens is 3. The number of carbonyl (C=O) groups excluding carboxylic acids is 2. The van der Waals surface area contributed by atoms with Gasteiger partial charge in [0.2, 0.25) is 5.91 Å². The van der Waals surface area contributed by atoms with E-state index in [1.807, 2.05) is 25.1 Å². The Hall–Kier alpha value is 0.330. The molecule has 29 heavy (non-hydrogen) atoms. The molecule has 2 aromatic rings. The Bertz CT molecular complexity index is 877. The van der Waals surface area contributed by atoms with E-state index in [0.717, 1.165) is 16.3 Å². The van der Waals surface area contributed by atoms with E-state index in [1.54, 1.807) is 12.1 Å². The summed E-state index contributed by atoms with van der Waals surface area (Å²) in [6.07, 6.45) is -1.16. The molecule has 0 heterocycles. The van der Waals surface area contributed by atoms with Crippen molar-refractivity contribution in [2.45, 2.75) is 20.0 Å². The molecule has 2 rings (SSSR count). The first-order valence-corrected chi connectivity index (χ1v) is 11.4. The molecule has 1 N–H and O–H groups in total. The number of carboxylic acids is 1. The van der Waals surface area contributed by atoms with Crippen LogP contribution in [0.5, 0.6) is 5.75 Å². The number of carbonyl (C=O) groups is 2. The number of ether oxygens (including phenoxy) is 2. The van der Waals surface area contributed by atoms with Gasteiger partial charge in [-0.3, -0.25) is 4.79 Å². The molecule has 0 aliphatic heterocycles. The van der Waals surface area contributed by atoms with Crippen LogP contribution >= 0.6 is 67.8 Å². The first-order valence-electron chi connectivity index (χ1n) is 8.17. The summed E-state index contributed by atoms with van der Waals surface area (Å²) in [4.78, 5) is 22.8. The number of benzene rings is 2. The molecular weight excluding hydrogens is 726 g/mol. The van der Waals surface area contributed by atoms with E-state index in [-0.39, 0.29) is 48.7 Å². The third-order valence-corrected chi connectivity index (χ3v) is 6.32. The van der Waals surface area contributed by atoms with Crippen molar-refractivity contribution in [1.82, 2.24) is 0 Å². The maximum Gasteiger partial charge on any atom is 1.00 e. The third-order valence-electron chi connectivity index (χ3n) is 3.64. The van der Waals surface area contributed by atoms with Crippen molar-refractivity contribution in [3.8, 4) is 5.75 Å². The maximum absolute atomic E-state index is 11.4. The first-order chi connectivity index (χ1) is 13.2. The van der Waals surface area contributed by atoms with Crippen molar-refractivity contribution in [1.29, 1.82) is 0 Å². The van der Waals surface area contributed by atoms with Gasteiger partial charge in [0.15, 0.2) is 0 Å². The normalized spacial score (nSPS) is 11.3. The average Bonchev–Trinajstić information content (AvgIpc) is 2.61. The summed E-state index contributed by atoms with van der Waals surface area (Å²) in [5.41, 5.74) is 2.25. The van der Waals surface area contributed by atoms with Crippen LogP contribution in [0.25, 0.3) is 0 Å². The standard InChI is InChI=1S/C19H18I3NO5.Na/c1-10-3-5-12(6-4-10)17(19(25)26)27-7-8-28-18-14(21)9-13(20)16(15(18)22)23-11(2)24;/h3-6,9,17H,7-8H2,1-2H3,(H,23,24)(H,25,26);/q;+1/p-1. The smallest absolute Gasteiger partial charge is 0.547 e. The summed E-state index contributed by atoms with van der Waals surface area (Å²) < 4.78 is 13.9. The van der Waals surface area contributed by atoms with Gasteiger partial charge in [-0.1, -0.05) is 29.8 Å². The molecule has 2 aromatic carbocycles. The van der Waals surface area contributed by atoms with Crippen molar-refractivity contribution in [3.63, 3.8) is 0 Å². The largest absolute Gasteiger partial charge is 1.00 e. The minimum absolute atomic E-state index is 0. The van der Waals surface area contributed by atoms with Crippen molar-refractivity contribution in [2.75, 3.05) is 18.5 Å². The van der Waals surface area contributed by atoms with Crippen molar-refractivity contribution >= 4 is 85.3 Å². The van der Waals surface area contributed by atoms with E-state index in [9.17, 15) is 14.7 Å². The van der Waals surface area contributed by atoms with Gasteiger partial charge >= 0.3 is 29.6 Å². The fourth-order valence-electron chi connectivity index (χ4n) is 2.35. The van der Waals surface area contributed by atoms with Gasteiger partial charge in [-0.25, -0.2) is 0 Å². The second-order valence-electron chi connectivity index (χ2n) is 5.87. The van der Waals surface area contributed by atoms with Gasteiger partial charge in [0.05, 0.1) is 25.4 Å². The molecule has 0 aliphatic rings. The summed E-state index contributed by atoms with van der Waals surface area (Å²) >= 11 is 6.43. The Morgan fingerprint density at radius 2 is 1.72 bits per heavy atom. The molecular formula is C19H17I3NNaO5. The van der Waals surface area contributed by atoms with Crippen LogP contribution in [-0.4, -0.2) is 25.1 Å². The number of aryl methyl sites for hydroxylation is 1. The van der Waals surface area contributed by atoms with E-state index in [0.29, 0.717) is 17.0 Å². The average molecular weight is 743 g/mol. The molecule has 0 fully saturated rings. The molecule has 0 radical (unpaired) electrons. The van der Waals surface area contributed by atoms with Crippen LogP contribution in [0.3, 0.4) is 0 Å². The van der Waals surface area contributed by atoms with E-state index in [1.165, 1.54) is 6.92 Å². The maximum atomic E-state index is 11.4. The van der Waals surface area contributed by atoms with Crippen molar-refractivity contribution in [3.05, 3.63) is 52.2 Å². The molecule has 0 spiro atoms. The van der Waals surface area contributed by atoms with Crippen LogP contribution in [0.4, 0.5) is 5.69 Å². The minimum Gasteiger partial charge on any atom is -0.547 e. The molecule has 150 valence electrons. The molecule has 0 aromatic heterocycles. The molecule has 1 unspecified atom stereocenters. The quantitative estimate of drug-likeness (QED) is 0.244. The number of anilines is 1. The van der Waals surface area contributed by atoms with Gasteiger partial charge < -0.3 is 24.7 Å². The summed E-state index contributed by atoms with van der Waals surface area (Å²) in [7, 11) is 0. The van der Waals surface area contributed by atoms with E-state index in [2.05, 4.69) is 73.1 Å². The summed E-state index contributed by atoms with van der Waals surface area (Å²) in [5.74, 6) is -0.842. The van der Waals surface area contributed by atoms with Crippen LogP contribution in [0.2, 0.25) is 0 Å². The van der Waals surface area contributed by atoms with E-state index < -0.39 is 12.1 Å². The van der Waals surface area contributed by atoms with Crippen LogP contribution in [0, 0.1) is 17.6 Å². The predicted octanol–water partition coefficient (Wildman–Crippen LogP) is 0.658. The number of hydrogen-bond acceptors (Lipinski definition) is 5. The van der Waals surface area contributed by atoms with E-state index in [4.69, 9.17) is 9.47 Å². The molecule has 0 bridgehead atoms. The second kappa shape index (κ2) is 13.0. The van der Waals surface area contributed by atoms with Gasteiger partial charge in [0.25, 0.3) is 0 Å². The topological polar surface area (TPSA) is 87.7 Å². The molecule has 1 amide bonds. The number of carboxylic acid groups (broad SMARTS) is 1. The summed E-state index contributed by atoms with van der Waals surface area (Å²) in [5, 5.41) is 14.2. The van der Waals surface area contributed by atoms with Gasteiger partial charge in [0.1, 0.15) is 18.5 Å². The number of nitrogens with one attached hydrogen (secondary N) is 1. The zero-order valence-corrected chi connectivity index (χ0v) is 24.5. The van der Waals surface area contributed by atoms with Gasteiger partial charge in [-0.15, -0.1) is 0 Å². The van der Waals surface area contributed by atoms with Crippen molar-refractivity contribution in [2.24, 2.45) is 0 Å². The second-order valence-corrected chi connectivity index (χ2v) is 9.27. The number of aliphatic carboxylic acids is 1.